The Morgan fingerprint density at radius 3 is 2.14 bits per heavy atom. The van der Waals surface area contributed by atoms with Crippen LogP contribution in [0.2, 0.25) is 0 Å². The Hall–Kier alpha value is -1.13. The molecule has 0 rings (SSSR count). The van der Waals surface area contributed by atoms with Crippen molar-refractivity contribution in [2.75, 3.05) is 13.2 Å². The van der Waals surface area contributed by atoms with Gasteiger partial charge in [0.1, 0.15) is 0 Å². The molecule has 0 bridgehead atoms. The zero-order valence-electron chi connectivity index (χ0n) is 9.12. The Bertz CT molecular complexity index is 159. The van der Waals surface area contributed by atoms with Crippen molar-refractivity contribution in [1.82, 2.24) is 0 Å². The maximum Gasteiger partial charge on any atom is 0.302 e. The molecule has 0 aromatic rings. The normalized spacial score (nSPS) is 8.50. The number of rotatable bonds is 5. The maximum absolute atomic E-state index is 10.1. The van der Waals surface area contributed by atoms with Crippen molar-refractivity contribution in [2.45, 2.75) is 40.0 Å². The Morgan fingerprint density at radius 2 is 1.93 bits per heavy atom. The van der Waals surface area contributed by atoms with E-state index in [9.17, 15) is 14.9 Å². The van der Waals surface area contributed by atoms with Gasteiger partial charge in [-0.1, -0.05) is 20.3 Å². The molecule has 0 unspecified atom stereocenters. The van der Waals surface area contributed by atoms with Gasteiger partial charge in [0.05, 0.1) is 6.61 Å². The summed E-state index contributed by atoms with van der Waals surface area (Å²) < 4.78 is 4.64. The minimum atomic E-state index is -0.319. The largest absolute Gasteiger partial charge is 0.466 e. The van der Waals surface area contributed by atoms with E-state index in [4.69, 9.17) is 0 Å². The number of esters is 1. The van der Waals surface area contributed by atoms with Crippen LogP contribution in [-0.4, -0.2) is 24.0 Å². The van der Waals surface area contributed by atoms with Gasteiger partial charge in [-0.15, -0.1) is 0 Å². The minimum absolute atomic E-state index is 0.0972. The number of hydrogen-bond acceptors (Lipinski definition) is 4. The number of unbranched alkanes of at least 4 members (excludes halogenated alkanes) is 1. The van der Waals surface area contributed by atoms with Crippen LogP contribution in [0, 0.1) is 10.1 Å². The van der Waals surface area contributed by atoms with E-state index in [1.165, 1.54) is 6.92 Å². The van der Waals surface area contributed by atoms with E-state index in [0.717, 1.165) is 12.8 Å². The number of ether oxygens (including phenoxy) is 1. The molecule has 0 amide bonds. The first-order valence-electron chi connectivity index (χ1n) is 4.79. The number of nitrogens with zero attached hydrogens (tertiary/aromatic N) is 1. The molecule has 0 atom stereocenters. The van der Waals surface area contributed by atoms with Gasteiger partial charge in [-0.05, 0) is 6.42 Å². The van der Waals surface area contributed by atoms with Gasteiger partial charge in [-0.3, -0.25) is 14.9 Å². The molecule has 0 aromatic carbocycles. The van der Waals surface area contributed by atoms with Crippen LogP contribution < -0.4 is 0 Å². The summed E-state index contributed by atoms with van der Waals surface area (Å²) in [6, 6.07) is 0. The van der Waals surface area contributed by atoms with Gasteiger partial charge in [0.25, 0.3) is 0 Å². The summed E-state index contributed by atoms with van der Waals surface area (Å²) in [4.78, 5) is 19.2. The molecular weight excluding hydrogens is 186 g/mol. The first-order valence-corrected chi connectivity index (χ1v) is 4.79. The fraction of sp³-hybridized carbons (Fsp3) is 0.889. The second-order valence-electron chi connectivity index (χ2n) is 2.75. The highest BCUT2D eigenvalue weighted by molar-refractivity contribution is 5.65. The van der Waals surface area contributed by atoms with E-state index in [0.29, 0.717) is 13.0 Å². The Labute approximate surface area is 84.6 Å². The maximum atomic E-state index is 10.1. The second kappa shape index (κ2) is 11.9. The Balaban J connectivity index is 0. The second-order valence-corrected chi connectivity index (χ2v) is 2.75. The fourth-order valence-corrected chi connectivity index (χ4v) is 0.543. The highest BCUT2D eigenvalue weighted by Gasteiger charge is 1.88. The summed E-state index contributed by atoms with van der Waals surface area (Å²) in [7, 11) is 0. The first-order chi connectivity index (χ1) is 6.54. The number of carbonyl (C=O) groups excluding carboxylic acids is 1. The average molecular weight is 205 g/mol. The molecule has 0 saturated carbocycles. The zero-order chi connectivity index (χ0) is 11.4. The van der Waals surface area contributed by atoms with Gasteiger partial charge < -0.3 is 4.74 Å². The van der Waals surface area contributed by atoms with Crippen molar-refractivity contribution in [3.8, 4) is 0 Å². The van der Waals surface area contributed by atoms with Crippen LogP contribution >= 0.6 is 0 Å². The first kappa shape index (κ1) is 15.3. The Morgan fingerprint density at radius 1 is 1.36 bits per heavy atom. The minimum Gasteiger partial charge on any atom is -0.466 e. The molecule has 0 saturated heterocycles. The van der Waals surface area contributed by atoms with E-state index in [-0.39, 0.29) is 17.4 Å². The van der Waals surface area contributed by atoms with Gasteiger partial charge >= 0.3 is 5.97 Å². The van der Waals surface area contributed by atoms with Gasteiger partial charge in [0, 0.05) is 18.3 Å². The van der Waals surface area contributed by atoms with Crippen LogP contribution in [0.15, 0.2) is 0 Å². The summed E-state index contributed by atoms with van der Waals surface area (Å²) >= 11 is 0. The standard InChI is InChI=1S/C6H12O2.C3H7NO2/c1-3-4-5-8-6(2)7;1-2-3-4(5)6/h3-5H2,1-2H3;2-3H2,1H3. The average Bonchev–Trinajstić information content (AvgIpc) is 2.05. The van der Waals surface area contributed by atoms with Gasteiger partial charge in [-0.2, -0.15) is 0 Å². The van der Waals surface area contributed by atoms with Gasteiger partial charge in [0.2, 0.25) is 6.54 Å². The summed E-state index contributed by atoms with van der Waals surface area (Å²) in [5, 5.41) is 9.40. The SMILES string of the molecule is CCCCOC(C)=O.CCC[N+](=O)[O-]. The van der Waals surface area contributed by atoms with Crippen molar-refractivity contribution in [1.29, 1.82) is 0 Å². The molecule has 84 valence electrons. The van der Waals surface area contributed by atoms with Crippen LogP contribution in [0.25, 0.3) is 0 Å². The predicted molar refractivity (Wildman–Crippen MR) is 53.7 cm³/mol. The number of carbonyl (C=O) groups is 1. The molecule has 0 aromatic heterocycles. The lowest BCUT2D eigenvalue weighted by atomic mass is 10.4. The Kier molecular flexibility index (Phi) is 13.0. The van der Waals surface area contributed by atoms with E-state index >= 15 is 0 Å². The number of hydrogen-bond donors (Lipinski definition) is 0. The molecule has 0 heterocycles. The smallest absolute Gasteiger partial charge is 0.302 e. The molecular formula is C9H19NO4. The molecule has 0 N–H and O–H groups in total. The topological polar surface area (TPSA) is 69.4 Å². The van der Waals surface area contributed by atoms with E-state index in [1.54, 1.807) is 6.92 Å². The predicted octanol–water partition coefficient (Wildman–Crippen LogP) is 2.02. The lowest BCUT2D eigenvalue weighted by Gasteiger charge is -1.96. The summed E-state index contributed by atoms with van der Waals surface area (Å²) in [6.07, 6.45) is 2.68. The van der Waals surface area contributed by atoms with E-state index in [1.807, 2.05) is 0 Å². The van der Waals surface area contributed by atoms with Crippen molar-refractivity contribution >= 4 is 5.97 Å². The van der Waals surface area contributed by atoms with Crippen LogP contribution in [0.3, 0.4) is 0 Å². The third-order valence-electron chi connectivity index (χ3n) is 1.21. The van der Waals surface area contributed by atoms with E-state index < -0.39 is 0 Å². The summed E-state index contributed by atoms with van der Waals surface area (Å²) in [5.74, 6) is -0.182. The highest BCUT2D eigenvalue weighted by Crippen LogP contribution is 1.86. The van der Waals surface area contributed by atoms with Crippen molar-refractivity contribution in [2.24, 2.45) is 0 Å². The van der Waals surface area contributed by atoms with Crippen molar-refractivity contribution < 1.29 is 14.5 Å². The molecule has 0 fully saturated rings. The van der Waals surface area contributed by atoms with Gasteiger partial charge in [-0.25, -0.2) is 0 Å². The van der Waals surface area contributed by atoms with Crippen LogP contribution in [-0.2, 0) is 9.53 Å². The van der Waals surface area contributed by atoms with E-state index in [2.05, 4.69) is 11.7 Å². The molecule has 0 aliphatic rings. The lowest BCUT2D eigenvalue weighted by Crippen LogP contribution is -1.99. The molecule has 0 radical (unpaired) electrons. The quantitative estimate of drug-likeness (QED) is 0.298. The molecule has 0 aliphatic carbocycles. The van der Waals surface area contributed by atoms with Crippen molar-refractivity contribution in [3.63, 3.8) is 0 Å². The highest BCUT2D eigenvalue weighted by atomic mass is 16.6. The fourth-order valence-electron chi connectivity index (χ4n) is 0.543. The molecule has 5 heteroatoms. The molecule has 5 nitrogen and oxygen atoms in total. The molecule has 0 spiro atoms. The van der Waals surface area contributed by atoms with Crippen LogP contribution in [0.4, 0.5) is 0 Å². The number of nitro groups is 1. The van der Waals surface area contributed by atoms with Crippen LogP contribution in [0.1, 0.15) is 40.0 Å². The summed E-state index contributed by atoms with van der Waals surface area (Å²) in [6.45, 7) is 5.94. The van der Waals surface area contributed by atoms with Crippen LogP contribution in [0.5, 0.6) is 0 Å². The zero-order valence-corrected chi connectivity index (χ0v) is 9.12. The molecule has 0 aliphatic heterocycles. The third-order valence-corrected chi connectivity index (χ3v) is 1.21. The summed E-state index contributed by atoms with van der Waals surface area (Å²) in [5.41, 5.74) is 0. The van der Waals surface area contributed by atoms with Crippen molar-refractivity contribution in [3.05, 3.63) is 10.1 Å². The van der Waals surface area contributed by atoms with Gasteiger partial charge in [0.15, 0.2) is 0 Å². The lowest BCUT2D eigenvalue weighted by molar-refractivity contribution is -0.479. The molecule has 14 heavy (non-hydrogen) atoms. The monoisotopic (exact) mass is 205 g/mol. The third kappa shape index (κ3) is 22.4.